The van der Waals surface area contributed by atoms with E-state index in [9.17, 15) is 18.0 Å². The van der Waals surface area contributed by atoms with E-state index in [1.54, 1.807) is 13.0 Å². The minimum Gasteiger partial charge on any atom is -0.282 e. The number of carbonyl (C=O) groups is 1. The molecule has 20 heavy (non-hydrogen) atoms. The smallest absolute Gasteiger partial charge is 0.282 e. The summed E-state index contributed by atoms with van der Waals surface area (Å²) in [6.07, 6.45) is -4.08. The lowest BCUT2D eigenvalue weighted by Crippen LogP contribution is -2.23. The molecule has 0 radical (unpaired) electrons. The van der Waals surface area contributed by atoms with Crippen LogP contribution in [0.3, 0.4) is 0 Å². The summed E-state index contributed by atoms with van der Waals surface area (Å²) in [6.45, 7) is 1.77. The topological polar surface area (TPSA) is 47.8 Å². The van der Waals surface area contributed by atoms with Crippen LogP contribution in [0.2, 0.25) is 5.02 Å². The Morgan fingerprint density at radius 3 is 2.65 bits per heavy atom. The minimum atomic E-state index is -4.98. The lowest BCUT2D eigenvalue weighted by molar-refractivity contribution is -0.0888. The molecule has 0 fully saturated rings. The molecule has 0 unspecified atom stereocenters. The molecule has 0 saturated carbocycles. The van der Waals surface area contributed by atoms with Crippen molar-refractivity contribution in [2.24, 2.45) is 0 Å². The number of aryl methyl sites for hydroxylation is 1. The molecule has 0 aliphatic rings. The maximum absolute atomic E-state index is 12.3. The Hall–Kier alpha value is -1.41. The first-order chi connectivity index (χ1) is 9.20. The Morgan fingerprint density at radius 1 is 1.40 bits per heavy atom. The van der Waals surface area contributed by atoms with Crippen molar-refractivity contribution in [1.82, 2.24) is 15.0 Å². The van der Waals surface area contributed by atoms with E-state index in [4.69, 9.17) is 11.6 Å². The second-order valence-electron chi connectivity index (χ2n) is 3.93. The zero-order chi connectivity index (χ0) is 15.1. The Balaban J connectivity index is 2.44. The highest BCUT2D eigenvalue weighted by molar-refractivity contribution is 9.10. The summed E-state index contributed by atoms with van der Waals surface area (Å²) in [5, 5.41) is 7.16. The SMILES string of the molecule is Cc1cc(Br)c(-n2cc(C(=O)C(F)(F)F)nn2)cc1Cl. The van der Waals surface area contributed by atoms with Gasteiger partial charge < -0.3 is 0 Å². The average Bonchev–Trinajstić information content (AvgIpc) is 2.80. The predicted octanol–water partition coefficient (Wildman–Crippen LogP) is 3.74. The van der Waals surface area contributed by atoms with Gasteiger partial charge in [-0.15, -0.1) is 5.10 Å². The summed E-state index contributed by atoms with van der Waals surface area (Å²) in [6, 6.07) is 3.20. The van der Waals surface area contributed by atoms with Gasteiger partial charge in [-0.05, 0) is 40.5 Å². The highest BCUT2D eigenvalue weighted by Crippen LogP contribution is 2.28. The van der Waals surface area contributed by atoms with Gasteiger partial charge in [0, 0.05) is 9.50 Å². The molecule has 4 nitrogen and oxygen atoms in total. The summed E-state index contributed by atoms with van der Waals surface area (Å²) in [5.41, 5.74) is 0.393. The van der Waals surface area contributed by atoms with Crippen molar-refractivity contribution in [2.75, 3.05) is 0 Å². The molecule has 0 N–H and O–H groups in total. The zero-order valence-corrected chi connectivity index (χ0v) is 12.2. The lowest BCUT2D eigenvalue weighted by Gasteiger charge is -2.06. The second-order valence-corrected chi connectivity index (χ2v) is 5.19. The number of rotatable bonds is 2. The monoisotopic (exact) mass is 367 g/mol. The average molecular weight is 369 g/mol. The quantitative estimate of drug-likeness (QED) is 0.759. The van der Waals surface area contributed by atoms with Crippen molar-refractivity contribution < 1.29 is 18.0 Å². The van der Waals surface area contributed by atoms with Gasteiger partial charge in [0.05, 0.1) is 11.9 Å². The molecule has 0 saturated heterocycles. The van der Waals surface area contributed by atoms with Crippen molar-refractivity contribution in [3.05, 3.63) is 39.1 Å². The predicted molar refractivity (Wildman–Crippen MR) is 69.2 cm³/mol. The summed E-state index contributed by atoms with van der Waals surface area (Å²) in [5.74, 6) is -2.04. The van der Waals surface area contributed by atoms with Crippen LogP contribution in [0, 0.1) is 6.92 Å². The van der Waals surface area contributed by atoms with Crippen LogP contribution in [0.4, 0.5) is 13.2 Å². The normalized spacial score (nSPS) is 11.7. The molecule has 0 aliphatic heterocycles. The number of alkyl halides is 3. The first-order valence-electron chi connectivity index (χ1n) is 5.20. The fourth-order valence-corrected chi connectivity index (χ4v) is 2.24. The van der Waals surface area contributed by atoms with Gasteiger partial charge in [0.1, 0.15) is 0 Å². The molecule has 0 amide bonds. The zero-order valence-electron chi connectivity index (χ0n) is 9.87. The summed E-state index contributed by atoms with van der Waals surface area (Å²) >= 11 is 9.20. The first-order valence-corrected chi connectivity index (χ1v) is 6.37. The second kappa shape index (κ2) is 5.17. The van der Waals surface area contributed by atoms with Crippen molar-refractivity contribution in [1.29, 1.82) is 0 Å². The molecule has 2 aromatic rings. The van der Waals surface area contributed by atoms with Crippen LogP contribution in [0.5, 0.6) is 0 Å². The maximum atomic E-state index is 12.3. The fraction of sp³-hybridized carbons (Fsp3) is 0.182. The Labute approximate surface area is 124 Å². The van der Waals surface area contributed by atoms with Crippen molar-refractivity contribution in [3.8, 4) is 5.69 Å². The van der Waals surface area contributed by atoms with Crippen LogP contribution < -0.4 is 0 Å². The lowest BCUT2D eigenvalue weighted by atomic mass is 10.2. The molecule has 1 heterocycles. The van der Waals surface area contributed by atoms with E-state index in [-0.39, 0.29) is 0 Å². The third-order valence-electron chi connectivity index (χ3n) is 2.46. The number of Topliss-reactive ketones (excluding diaryl/α,β-unsaturated/α-hetero) is 1. The number of hydrogen-bond acceptors (Lipinski definition) is 3. The largest absolute Gasteiger partial charge is 0.456 e. The van der Waals surface area contributed by atoms with Crippen molar-refractivity contribution in [2.45, 2.75) is 13.1 Å². The molecule has 0 spiro atoms. The van der Waals surface area contributed by atoms with Crippen LogP contribution in [0.25, 0.3) is 5.69 Å². The van der Waals surface area contributed by atoms with Gasteiger partial charge in [-0.1, -0.05) is 16.8 Å². The number of halogens is 5. The molecular weight excluding hydrogens is 362 g/mol. The van der Waals surface area contributed by atoms with Gasteiger partial charge in [0.15, 0.2) is 5.69 Å². The summed E-state index contributed by atoms with van der Waals surface area (Å²) in [4.78, 5) is 11.0. The summed E-state index contributed by atoms with van der Waals surface area (Å²) in [7, 11) is 0. The number of aromatic nitrogens is 3. The van der Waals surface area contributed by atoms with Crippen LogP contribution >= 0.6 is 27.5 Å². The van der Waals surface area contributed by atoms with Gasteiger partial charge in [-0.3, -0.25) is 4.79 Å². The molecule has 1 aromatic carbocycles. The third kappa shape index (κ3) is 2.85. The number of carbonyl (C=O) groups excluding carboxylic acids is 1. The van der Waals surface area contributed by atoms with E-state index in [0.717, 1.165) is 16.4 Å². The maximum Gasteiger partial charge on any atom is 0.456 e. The minimum absolute atomic E-state index is 0.384. The highest BCUT2D eigenvalue weighted by Gasteiger charge is 2.41. The van der Waals surface area contributed by atoms with Crippen LogP contribution in [0.1, 0.15) is 16.1 Å². The van der Waals surface area contributed by atoms with Gasteiger partial charge in [0.2, 0.25) is 0 Å². The summed E-state index contributed by atoms with van der Waals surface area (Å²) < 4.78 is 38.5. The van der Waals surface area contributed by atoms with Crippen LogP contribution in [0.15, 0.2) is 22.8 Å². The van der Waals surface area contributed by atoms with Crippen LogP contribution in [-0.2, 0) is 0 Å². The van der Waals surface area contributed by atoms with E-state index in [1.165, 1.54) is 6.07 Å². The van der Waals surface area contributed by atoms with E-state index in [0.29, 0.717) is 15.2 Å². The first kappa shape index (κ1) is 15.0. The standard InChI is InChI=1S/C11H6BrClF3N3O/c1-5-2-6(12)9(3-7(5)13)19-4-8(17-18-19)10(20)11(14,15)16/h2-4H,1H3. The molecule has 0 bridgehead atoms. The highest BCUT2D eigenvalue weighted by atomic mass is 79.9. The van der Waals surface area contributed by atoms with Gasteiger partial charge in [-0.25, -0.2) is 4.68 Å². The Morgan fingerprint density at radius 2 is 2.05 bits per heavy atom. The van der Waals surface area contributed by atoms with Gasteiger partial charge in [-0.2, -0.15) is 13.2 Å². The van der Waals surface area contributed by atoms with Crippen molar-refractivity contribution in [3.63, 3.8) is 0 Å². The molecular formula is C11H6BrClF3N3O. The fourth-order valence-electron chi connectivity index (χ4n) is 1.44. The Bertz CT molecular complexity index is 684. The van der Waals surface area contributed by atoms with Crippen LogP contribution in [-0.4, -0.2) is 27.0 Å². The Kier molecular flexibility index (Phi) is 3.88. The number of hydrogen-bond donors (Lipinski definition) is 0. The molecule has 1 aromatic heterocycles. The number of ketones is 1. The number of nitrogens with zero attached hydrogens (tertiary/aromatic N) is 3. The molecule has 0 atom stereocenters. The van der Waals surface area contributed by atoms with Gasteiger partial charge in [0.25, 0.3) is 5.78 Å². The third-order valence-corrected chi connectivity index (χ3v) is 3.50. The molecule has 106 valence electrons. The van der Waals surface area contributed by atoms with E-state index >= 15 is 0 Å². The molecule has 2 rings (SSSR count). The molecule has 9 heteroatoms. The molecule has 0 aliphatic carbocycles. The van der Waals surface area contributed by atoms with Crippen molar-refractivity contribution >= 4 is 33.3 Å². The number of benzene rings is 1. The van der Waals surface area contributed by atoms with E-state index in [2.05, 4.69) is 26.2 Å². The van der Waals surface area contributed by atoms with E-state index in [1.807, 2.05) is 0 Å². The van der Waals surface area contributed by atoms with Gasteiger partial charge >= 0.3 is 6.18 Å². The van der Waals surface area contributed by atoms with E-state index < -0.39 is 17.7 Å².